The molecule has 2 atom stereocenters. The third kappa shape index (κ3) is 6.79. The van der Waals surface area contributed by atoms with E-state index in [1.807, 2.05) is 85.7 Å². The van der Waals surface area contributed by atoms with Gasteiger partial charge in [-0.25, -0.2) is 0 Å². The van der Waals surface area contributed by atoms with Gasteiger partial charge in [0.1, 0.15) is 5.78 Å². The maximum atomic E-state index is 15.1. The smallest absolute Gasteiger partial charge is 0.258 e. The number of hydrogen-bond acceptors (Lipinski definition) is 7. The van der Waals surface area contributed by atoms with Gasteiger partial charge in [0.05, 0.1) is 27.9 Å². The molecule has 0 heterocycles. The van der Waals surface area contributed by atoms with Gasteiger partial charge < -0.3 is 29.0 Å². The summed E-state index contributed by atoms with van der Waals surface area (Å²) in [5.74, 6) is 1.12. The molecule has 0 saturated heterocycles. The van der Waals surface area contributed by atoms with Crippen LogP contribution in [0.3, 0.4) is 0 Å². The molecule has 3 aromatic rings. The van der Waals surface area contributed by atoms with Crippen LogP contribution in [-0.4, -0.2) is 42.0 Å². The molecular formula is C29H39N2O5P. The van der Waals surface area contributed by atoms with Crippen LogP contribution in [0, 0.1) is 5.92 Å². The Morgan fingerprint density at radius 1 is 0.865 bits per heavy atom. The summed E-state index contributed by atoms with van der Waals surface area (Å²) in [7, 11) is 5.11. The second-order valence-corrected chi connectivity index (χ2v) is 11.9. The van der Waals surface area contributed by atoms with Gasteiger partial charge in [-0.15, -0.1) is 0 Å². The number of hydrogen-bond donors (Lipinski definition) is 1. The standard InChI is InChI=1S/C29H39N2O5P/c1-21(2)17-18-36-37(32,25-15-13-24(14-16-25)31(3)4)29(30-23-11-9-8-10-12-23)22-19-26(33-5)28(35-7)27(20-22)34-6/h8-16,19-21,29-30H,17-18H2,1-7H3/t29-,37+/m0/s1. The molecule has 3 rings (SSSR count). The number of nitrogens with one attached hydrogen (secondary N) is 1. The Hall–Kier alpha value is -3.15. The summed E-state index contributed by atoms with van der Waals surface area (Å²) >= 11 is 0. The van der Waals surface area contributed by atoms with Gasteiger partial charge in [0.2, 0.25) is 5.75 Å². The van der Waals surface area contributed by atoms with E-state index in [1.165, 1.54) is 0 Å². The van der Waals surface area contributed by atoms with Crippen LogP contribution in [0.1, 0.15) is 31.6 Å². The molecule has 0 spiro atoms. The fraction of sp³-hybridized carbons (Fsp3) is 0.379. The number of ether oxygens (including phenoxy) is 3. The van der Waals surface area contributed by atoms with Gasteiger partial charge in [-0.05, 0) is 66.4 Å². The second kappa shape index (κ2) is 12.9. The van der Waals surface area contributed by atoms with Gasteiger partial charge in [0.15, 0.2) is 11.5 Å². The summed E-state index contributed by atoms with van der Waals surface area (Å²) in [5.41, 5.74) is 2.53. The molecule has 7 nitrogen and oxygen atoms in total. The predicted octanol–water partition coefficient (Wildman–Crippen LogP) is 6.56. The van der Waals surface area contributed by atoms with Gasteiger partial charge in [0.25, 0.3) is 7.37 Å². The number of anilines is 2. The summed E-state index contributed by atoms with van der Waals surface area (Å²) in [6.07, 6.45) is 0.785. The Bertz CT molecular complexity index is 1160. The lowest BCUT2D eigenvalue weighted by Crippen LogP contribution is -2.22. The first-order valence-corrected chi connectivity index (χ1v) is 14.1. The minimum Gasteiger partial charge on any atom is -0.493 e. The molecule has 0 aliphatic rings. The van der Waals surface area contributed by atoms with Gasteiger partial charge >= 0.3 is 0 Å². The normalized spacial score (nSPS) is 13.5. The van der Waals surface area contributed by atoms with E-state index in [-0.39, 0.29) is 0 Å². The van der Waals surface area contributed by atoms with E-state index in [4.69, 9.17) is 18.7 Å². The van der Waals surface area contributed by atoms with Gasteiger partial charge in [-0.1, -0.05) is 32.0 Å². The number of para-hydroxylation sites is 1. The monoisotopic (exact) mass is 526 g/mol. The van der Waals surface area contributed by atoms with Crippen LogP contribution in [0.4, 0.5) is 11.4 Å². The van der Waals surface area contributed by atoms with E-state index in [2.05, 4.69) is 19.2 Å². The van der Waals surface area contributed by atoms with Crippen molar-refractivity contribution in [1.82, 2.24) is 0 Å². The van der Waals surface area contributed by atoms with Crippen molar-refractivity contribution >= 4 is 24.0 Å². The van der Waals surface area contributed by atoms with Crippen LogP contribution in [-0.2, 0) is 9.09 Å². The predicted molar refractivity (Wildman–Crippen MR) is 152 cm³/mol. The second-order valence-electron chi connectivity index (χ2n) is 9.40. The fourth-order valence-electron chi connectivity index (χ4n) is 4.00. The molecule has 3 aromatic carbocycles. The molecule has 0 unspecified atom stereocenters. The molecular weight excluding hydrogens is 487 g/mol. The number of methoxy groups -OCH3 is 3. The summed E-state index contributed by atoms with van der Waals surface area (Å²) < 4.78 is 38.3. The molecule has 0 aliphatic heterocycles. The summed E-state index contributed by atoms with van der Waals surface area (Å²) in [6.45, 7) is 4.61. The van der Waals surface area contributed by atoms with E-state index >= 15 is 4.57 Å². The largest absolute Gasteiger partial charge is 0.493 e. The van der Waals surface area contributed by atoms with E-state index < -0.39 is 13.2 Å². The molecule has 0 radical (unpaired) electrons. The van der Waals surface area contributed by atoms with E-state index in [9.17, 15) is 0 Å². The lowest BCUT2D eigenvalue weighted by Gasteiger charge is -2.31. The highest BCUT2D eigenvalue weighted by atomic mass is 31.2. The molecule has 0 saturated carbocycles. The minimum absolute atomic E-state index is 0.363. The van der Waals surface area contributed by atoms with E-state index in [1.54, 1.807) is 21.3 Å². The first kappa shape index (κ1) is 28.4. The van der Waals surface area contributed by atoms with Crippen LogP contribution in [0.15, 0.2) is 66.7 Å². The highest BCUT2D eigenvalue weighted by molar-refractivity contribution is 7.67. The van der Waals surface area contributed by atoms with Crippen molar-refractivity contribution in [3.8, 4) is 17.2 Å². The van der Waals surface area contributed by atoms with E-state index in [0.29, 0.717) is 40.6 Å². The van der Waals surface area contributed by atoms with Crippen LogP contribution < -0.4 is 29.7 Å². The summed E-state index contributed by atoms with van der Waals surface area (Å²) in [6, 6.07) is 21.1. The van der Waals surface area contributed by atoms with Gasteiger partial charge in [-0.3, -0.25) is 4.57 Å². The third-order valence-electron chi connectivity index (χ3n) is 6.12. The Balaban J connectivity index is 2.22. The molecule has 0 fully saturated rings. The van der Waals surface area contributed by atoms with Crippen molar-refractivity contribution in [2.75, 3.05) is 52.2 Å². The molecule has 37 heavy (non-hydrogen) atoms. The quantitative estimate of drug-likeness (QED) is 0.253. The van der Waals surface area contributed by atoms with Crippen molar-refractivity contribution in [3.63, 3.8) is 0 Å². The zero-order valence-corrected chi connectivity index (χ0v) is 23.7. The Labute approximate surface area is 221 Å². The van der Waals surface area contributed by atoms with Gasteiger partial charge in [-0.2, -0.15) is 0 Å². The Morgan fingerprint density at radius 3 is 1.95 bits per heavy atom. The molecule has 0 aromatic heterocycles. The Kier molecular flexibility index (Phi) is 9.90. The Morgan fingerprint density at radius 2 is 1.46 bits per heavy atom. The number of benzene rings is 3. The molecule has 8 heteroatoms. The van der Waals surface area contributed by atoms with Crippen molar-refractivity contribution in [2.45, 2.75) is 26.1 Å². The first-order chi connectivity index (χ1) is 17.7. The molecule has 0 aliphatic carbocycles. The maximum absolute atomic E-state index is 15.1. The van der Waals surface area contributed by atoms with Crippen LogP contribution in [0.25, 0.3) is 0 Å². The number of rotatable bonds is 13. The molecule has 200 valence electrons. The fourth-order valence-corrected chi connectivity index (χ4v) is 6.39. The third-order valence-corrected chi connectivity index (χ3v) is 8.82. The average Bonchev–Trinajstić information content (AvgIpc) is 2.91. The minimum atomic E-state index is -3.54. The highest BCUT2D eigenvalue weighted by Gasteiger charge is 2.39. The van der Waals surface area contributed by atoms with Crippen molar-refractivity contribution in [3.05, 3.63) is 72.3 Å². The molecule has 1 N–H and O–H groups in total. The van der Waals surface area contributed by atoms with Crippen molar-refractivity contribution in [2.24, 2.45) is 5.92 Å². The van der Waals surface area contributed by atoms with Crippen LogP contribution in [0.5, 0.6) is 17.2 Å². The highest BCUT2D eigenvalue weighted by Crippen LogP contribution is 2.60. The van der Waals surface area contributed by atoms with Crippen LogP contribution in [0.2, 0.25) is 0 Å². The lowest BCUT2D eigenvalue weighted by atomic mass is 10.1. The lowest BCUT2D eigenvalue weighted by molar-refractivity contribution is 0.289. The zero-order valence-electron chi connectivity index (χ0n) is 22.9. The van der Waals surface area contributed by atoms with Gasteiger partial charge in [0, 0.05) is 30.8 Å². The van der Waals surface area contributed by atoms with Crippen molar-refractivity contribution in [1.29, 1.82) is 0 Å². The molecule has 0 amide bonds. The zero-order chi connectivity index (χ0) is 27.0. The van der Waals surface area contributed by atoms with E-state index in [0.717, 1.165) is 17.8 Å². The van der Waals surface area contributed by atoms with Crippen LogP contribution >= 0.6 is 7.37 Å². The summed E-state index contributed by atoms with van der Waals surface area (Å²) in [5, 5.41) is 4.13. The maximum Gasteiger partial charge on any atom is 0.258 e. The summed E-state index contributed by atoms with van der Waals surface area (Å²) in [4.78, 5) is 2.01. The topological polar surface area (TPSA) is 69.3 Å². The number of nitrogens with zero attached hydrogens (tertiary/aromatic N) is 1. The first-order valence-electron chi connectivity index (χ1n) is 12.4. The van der Waals surface area contributed by atoms with Crippen molar-refractivity contribution < 1.29 is 23.3 Å². The SMILES string of the molecule is COc1cc([C@@H](Nc2ccccc2)[P@](=O)(OCCC(C)C)c2ccc(N(C)C)cc2)cc(OC)c1OC. The average molecular weight is 527 g/mol. The molecule has 0 bridgehead atoms.